The number of ether oxygens (including phenoxy) is 1. The lowest BCUT2D eigenvalue weighted by Gasteiger charge is -2.09. The number of aromatic nitrogens is 1. The van der Waals surface area contributed by atoms with E-state index in [-0.39, 0.29) is 10.8 Å². The molecule has 6 nitrogen and oxygen atoms in total. The Morgan fingerprint density at radius 3 is 2.88 bits per heavy atom. The molecule has 0 aliphatic carbocycles. The van der Waals surface area contributed by atoms with Crippen LogP contribution in [0.5, 0.6) is 5.75 Å². The molecule has 1 atom stereocenters. The van der Waals surface area contributed by atoms with E-state index in [1.165, 1.54) is 17.4 Å². The second kappa shape index (κ2) is 6.22. The van der Waals surface area contributed by atoms with Crippen molar-refractivity contribution in [2.45, 2.75) is 17.4 Å². The Labute approximate surface area is 158 Å². The Balaban J connectivity index is 1.53. The smallest absolute Gasteiger partial charge is 0.267 e. The zero-order chi connectivity index (χ0) is 18.5. The van der Waals surface area contributed by atoms with E-state index in [2.05, 4.69) is 10.3 Å². The van der Waals surface area contributed by atoms with E-state index in [4.69, 9.17) is 16.3 Å². The van der Waals surface area contributed by atoms with E-state index < -0.39 is 15.9 Å². The van der Waals surface area contributed by atoms with Crippen LogP contribution in [0.25, 0.3) is 10.2 Å². The average molecular weight is 409 g/mol. The van der Waals surface area contributed by atoms with Crippen molar-refractivity contribution < 1.29 is 17.9 Å². The number of hydrogen-bond donors (Lipinski definition) is 1. The van der Waals surface area contributed by atoms with Crippen LogP contribution >= 0.6 is 22.9 Å². The summed E-state index contributed by atoms with van der Waals surface area (Å²) in [6.07, 6.45) is 0.937. The number of nitrogens with zero attached hydrogens (tertiary/aromatic N) is 1. The molecule has 0 unspecified atom stereocenters. The van der Waals surface area contributed by atoms with Crippen LogP contribution in [0.15, 0.2) is 41.3 Å². The van der Waals surface area contributed by atoms with E-state index in [0.717, 1.165) is 11.8 Å². The molecule has 26 heavy (non-hydrogen) atoms. The van der Waals surface area contributed by atoms with Crippen molar-refractivity contribution in [3.63, 3.8) is 0 Å². The molecule has 1 N–H and O–H groups in total. The summed E-state index contributed by atoms with van der Waals surface area (Å²) in [7, 11) is -3.29. The molecule has 3 aromatic rings. The molecule has 134 valence electrons. The van der Waals surface area contributed by atoms with E-state index in [1.807, 2.05) is 0 Å². The molecule has 1 aliphatic rings. The molecule has 2 heterocycles. The number of carbonyl (C=O) groups excluding carboxylic acids is 1. The second-order valence-corrected chi connectivity index (χ2v) is 9.46. The molecule has 1 aliphatic heterocycles. The maximum Gasteiger partial charge on any atom is 0.267 e. The van der Waals surface area contributed by atoms with Crippen LogP contribution in [-0.4, -0.2) is 31.7 Å². The molecule has 2 aromatic carbocycles. The maximum absolute atomic E-state index is 12.5. The van der Waals surface area contributed by atoms with Crippen molar-refractivity contribution in [3.8, 4) is 5.75 Å². The third-order valence-electron chi connectivity index (χ3n) is 4.01. The van der Waals surface area contributed by atoms with Crippen molar-refractivity contribution >= 4 is 54.0 Å². The topological polar surface area (TPSA) is 85.4 Å². The first-order chi connectivity index (χ1) is 12.3. The van der Waals surface area contributed by atoms with E-state index >= 15 is 0 Å². The Kier molecular flexibility index (Phi) is 4.13. The summed E-state index contributed by atoms with van der Waals surface area (Å²) in [6.45, 7) is 0. The van der Waals surface area contributed by atoms with Gasteiger partial charge in [0, 0.05) is 17.7 Å². The van der Waals surface area contributed by atoms with Crippen molar-refractivity contribution in [1.29, 1.82) is 0 Å². The predicted molar refractivity (Wildman–Crippen MR) is 101 cm³/mol. The molecule has 0 saturated carbocycles. The number of halogens is 1. The van der Waals surface area contributed by atoms with Crippen molar-refractivity contribution in [2.24, 2.45) is 0 Å². The molecular weight excluding hydrogens is 396 g/mol. The lowest BCUT2D eigenvalue weighted by molar-refractivity contribution is -0.122. The van der Waals surface area contributed by atoms with Crippen LogP contribution in [0, 0.1) is 0 Å². The molecule has 0 saturated heterocycles. The molecule has 9 heteroatoms. The summed E-state index contributed by atoms with van der Waals surface area (Å²) in [5.41, 5.74) is 1.51. The minimum atomic E-state index is -3.29. The van der Waals surface area contributed by atoms with Gasteiger partial charge in [0.25, 0.3) is 5.91 Å². The van der Waals surface area contributed by atoms with Crippen LogP contribution in [0.4, 0.5) is 5.13 Å². The highest BCUT2D eigenvalue weighted by Gasteiger charge is 2.29. The number of thiazole rings is 1. The highest BCUT2D eigenvalue weighted by atomic mass is 35.5. The largest absolute Gasteiger partial charge is 0.480 e. The standard InChI is InChI=1S/C17H13ClN2O4S2/c1-26(22,23)11-3-4-12-15(8-11)25-17(19-12)20-16(21)14-7-9-6-10(18)2-5-13(9)24-14/h2-6,8,14H,7H2,1H3,(H,19,20,21)/t14-/m1/s1. The molecule has 4 rings (SSSR count). The molecular formula is C17H13ClN2O4S2. The van der Waals surface area contributed by atoms with E-state index in [9.17, 15) is 13.2 Å². The fourth-order valence-electron chi connectivity index (χ4n) is 2.74. The summed E-state index contributed by atoms with van der Waals surface area (Å²) in [4.78, 5) is 17.0. The Morgan fingerprint density at radius 2 is 2.12 bits per heavy atom. The zero-order valence-electron chi connectivity index (χ0n) is 13.5. The Hall–Kier alpha value is -2.16. The zero-order valence-corrected chi connectivity index (χ0v) is 15.9. The van der Waals surface area contributed by atoms with Crippen molar-refractivity contribution in [2.75, 3.05) is 11.6 Å². The first kappa shape index (κ1) is 17.3. The van der Waals surface area contributed by atoms with Gasteiger partial charge in [-0.15, -0.1) is 0 Å². The van der Waals surface area contributed by atoms with Crippen LogP contribution < -0.4 is 10.1 Å². The predicted octanol–water partition coefficient (Wildman–Crippen LogP) is 3.30. The van der Waals surface area contributed by atoms with E-state index in [0.29, 0.717) is 32.5 Å². The summed E-state index contributed by atoms with van der Waals surface area (Å²) in [5.74, 6) is 0.344. The number of rotatable bonds is 3. The third kappa shape index (κ3) is 3.27. The van der Waals surface area contributed by atoms with Crippen LogP contribution in [-0.2, 0) is 21.1 Å². The lowest BCUT2D eigenvalue weighted by Crippen LogP contribution is -2.31. The van der Waals surface area contributed by atoms with Gasteiger partial charge < -0.3 is 4.74 Å². The van der Waals surface area contributed by atoms with Gasteiger partial charge in [-0.05, 0) is 42.0 Å². The van der Waals surface area contributed by atoms with Gasteiger partial charge in [0.15, 0.2) is 21.1 Å². The summed E-state index contributed by atoms with van der Waals surface area (Å²) >= 11 is 7.18. The highest BCUT2D eigenvalue weighted by Crippen LogP contribution is 2.32. The first-order valence-electron chi connectivity index (χ1n) is 7.66. The third-order valence-corrected chi connectivity index (χ3v) is 6.29. The van der Waals surface area contributed by atoms with Crippen molar-refractivity contribution in [1.82, 2.24) is 4.98 Å². The molecule has 0 radical (unpaired) electrons. The normalized spacial score (nSPS) is 16.3. The van der Waals surface area contributed by atoms with Gasteiger partial charge in [-0.2, -0.15) is 0 Å². The number of hydrogen-bond acceptors (Lipinski definition) is 6. The number of amides is 1. The van der Waals surface area contributed by atoms with Gasteiger partial charge in [-0.25, -0.2) is 13.4 Å². The first-order valence-corrected chi connectivity index (χ1v) is 10.7. The van der Waals surface area contributed by atoms with E-state index in [1.54, 1.807) is 30.3 Å². The number of benzene rings is 2. The Morgan fingerprint density at radius 1 is 1.31 bits per heavy atom. The lowest BCUT2D eigenvalue weighted by atomic mass is 10.1. The molecule has 0 spiro atoms. The maximum atomic E-state index is 12.5. The van der Waals surface area contributed by atoms with Gasteiger partial charge in [0.2, 0.25) is 0 Å². The number of carbonyl (C=O) groups is 1. The summed E-state index contributed by atoms with van der Waals surface area (Å²) < 4.78 is 29.7. The number of anilines is 1. The fraction of sp³-hybridized carbons (Fsp3) is 0.176. The van der Waals surface area contributed by atoms with Gasteiger partial charge >= 0.3 is 0 Å². The van der Waals surface area contributed by atoms with Crippen molar-refractivity contribution in [3.05, 3.63) is 47.0 Å². The minimum absolute atomic E-state index is 0.220. The highest BCUT2D eigenvalue weighted by molar-refractivity contribution is 7.90. The van der Waals surface area contributed by atoms with Gasteiger partial charge in [0.05, 0.1) is 15.1 Å². The molecule has 1 amide bonds. The van der Waals surface area contributed by atoms with Gasteiger partial charge in [-0.1, -0.05) is 22.9 Å². The fourth-order valence-corrected chi connectivity index (χ4v) is 4.56. The van der Waals surface area contributed by atoms with Crippen LogP contribution in [0.1, 0.15) is 5.56 Å². The number of sulfone groups is 1. The van der Waals surface area contributed by atoms with Crippen LogP contribution in [0.3, 0.4) is 0 Å². The summed E-state index contributed by atoms with van der Waals surface area (Å²) in [5, 5.41) is 3.74. The average Bonchev–Trinajstić information content (AvgIpc) is 3.15. The molecule has 1 aromatic heterocycles. The number of nitrogens with one attached hydrogen (secondary N) is 1. The van der Waals surface area contributed by atoms with Crippen LogP contribution in [0.2, 0.25) is 5.02 Å². The number of fused-ring (bicyclic) bond motifs is 2. The second-order valence-electron chi connectivity index (χ2n) is 5.97. The molecule has 0 bridgehead atoms. The Bertz CT molecular complexity index is 1140. The monoisotopic (exact) mass is 408 g/mol. The minimum Gasteiger partial charge on any atom is -0.480 e. The molecule has 0 fully saturated rings. The van der Waals surface area contributed by atoms with Gasteiger partial charge in [0.1, 0.15) is 5.75 Å². The van der Waals surface area contributed by atoms with Gasteiger partial charge in [-0.3, -0.25) is 10.1 Å². The quantitative estimate of drug-likeness (QED) is 0.718. The SMILES string of the molecule is CS(=O)(=O)c1ccc2nc(NC(=O)[C@H]3Cc4cc(Cl)ccc4O3)sc2c1. The summed E-state index contributed by atoms with van der Waals surface area (Å²) in [6, 6.07) is 9.94.